The van der Waals surface area contributed by atoms with Gasteiger partial charge in [-0.3, -0.25) is 0 Å². The molecule has 0 aliphatic carbocycles. The minimum absolute atomic E-state index is 0.0129. The fourth-order valence-electron chi connectivity index (χ4n) is 1.72. The first-order valence-electron chi connectivity index (χ1n) is 5.44. The first-order valence-corrected chi connectivity index (χ1v) is 5.81. The highest BCUT2D eigenvalue weighted by molar-refractivity contribution is 6.30. The van der Waals surface area contributed by atoms with Crippen molar-refractivity contribution in [2.45, 2.75) is 12.5 Å². The summed E-state index contributed by atoms with van der Waals surface area (Å²) in [5.41, 5.74) is 1.17. The van der Waals surface area contributed by atoms with Gasteiger partial charge in [-0.15, -0.1) is 0 Å². The van der Waals surface area contributed by atoms with Crippen molar-refractivity contribution in [2.24, 2.45) is 0 Å². The number of rotatable bonds is 3. The normalized spacial score (nSPS) is 12.4. The highest BCUT2D eigenvalue weighted by atomic mass is 35.5. The Bertz CT molecular complexity index is 557. The lowest BCUT2D eigenvalue weighted by atomic mass is 10.0. The molecular weight excluding hydrogens is 258 g/mol. The molecule has 1 unspecified atom stereocenters. The van der Waals surface area contributed by atoms with Gasteiger partial charge in [0.25, 0.3) is 0 Å². The van der Waals surface area contributed by atoms with Crippen LogP contribution in [0.3, 0.4) is 0 Å². The molecule has 0 amide bonds. The molecule has 0 aliphatic heterocycles. The number of halogens is 3. The van der Waals surface area contributed by atoms with Gasteiger partial charge in [0.15, 0.2) is 0 Å². The molecule has 1 nitrogen and oxygen atoms in total. The van der Waals surface area contributed by atoms with Gasteiger partial charge in [0.05, 0.1) is 11.1 Å². The second-order valence-corrected chi connectivity index (χ2v) is 4.43. The van der Waals surface area contributed by atoms with Crippen LogP contribution in [0.5, 0.6) is 0 Å². The molecule has 0 heterocycles. The van der Waals surface area contributed by atoms with E-state index >= 15 is 0 Å². The van der Waals surface area contributed by atoms with Crippen molar-refractivity contribution in [3.63, 3.8) is 0 Å². The molecule has 94 valence electrons. The molecule has 0 radical (unpaired) electrons. The summed E-state index contributed by atoms with van der Waals surface area (Å²) >= 11 is 5.65. The lowest BCUT2D eigenvalue weighted by molar-refractivity contribution is 0.178. The summed E-state index contributed by atoms with van der Waals surface area (Å²) < 4.78 is 26.0. The summed E-state index contributed by atoms with van der Waals surface area (Å²) in [6, 6.07) is 10.0. The highest BCUT2D eigenvalue weighted by Gasteiger charge is 2.10. The maximum Gasteiger partial charge on any atom is 0.141 e. The second kappa shape index (κ2) is 5.46. The van der Waals surface area contributed by atoms with E-state index in [1.807, 2.05) is 0 Å². The molecule has 0 spiro atoms. The van der Waals surface area contributed by atoms with E-state index in [2.05, 4.69) is 0 Å². The molecule has 0 saturated heterocycles. The van der Waals surface area contributed by atoms with E-state index in [0.717, 1.165) is 0 Å². The third-order valence-electron chi connectivity index (χ3n) is 2.65. The van der Waals surface area contributed by atoms with Crippen LogP contribution in [0.4, 0.5) is 8.78 Å². The monoisotopic (exact) mass is 268 g/mol. The van der Waals surface area contributed by atoms with Gasteiger partial charge in [-0.25, -0.2) is 8.78 Å². The molecule has 2 aromatic rings. The number of aliphatic hydroxyl groups excluding tert-OH is 1. The van der Waals surface area contributed by atoms with Crippen molar-refractivity contribution in [3.05, 3.63) is 70.2 Å². The maximum absolute atomic E-state index is 13.0. The first-order chi connectivity index (χ1) is 8.56. The first kappa shape index (κ1) is 13.0. The van der Waals surface area contributed by atoms with Crippen molar-refractivity contribution in [1.29, 1.82) is 0 Å². The van der Waals surface area contributed by atoms with Gasteiger partial charge in [-0.05, 0) is 35.4 Å². The Labute approximate surface area is 109 Å². The standard InChI is InChI=1S/C14H11ClF2O/c15-12-6-9(4-5-13(12)17)7-14(18)10-2-1-3-11(16)8-10/h1-6,8,14,18H,7H2. The van der Waals surface area contributed by atoms with E-state index in [-0.39, 0.29) is 11.4 Å². The van der Waals surface area contributed by atoms with Crippen LogP contribution < -0.4 is 0 Å². The third kappa shape index (κ3) is 3.06. The Morgan fingerprint density at radius 3 is 2.56 bits per heavy atom. The summed E-state index contributed by atoms with van der Waals surface area (Å²) in [5.74, 6) is -0.899. The van der Waals surface area contributed by atoms with Crippen molar-refractivity contribution in [3.8, 4) is 0 Å². The predicted molar refractivity (Wildman–Crippen MR) is 66.5 cm³/mol. The van der Waals surface area contributed by atoms with Crippen LogP contribution in [-0.4, -0.2) is 5.11 Å². The molecule has 4 heteroatoms. The quantitative estimate of drug-likeness (QED) is 0.895. The average Bonchev–Trinajstić information content (AvgIpc) is 2.34. The summed E-state index contributed by atoms with van der Waals surface area (Å²) in [5, 5.41) is 9.97. The van der Waals surface area contributed by atoms with Crippen LogP contribution >= 0.6 is 11.6 Å². The lowest BCUT2D eigenvalue weighted by Crippen LogP contribution is -2.02. The van der Waals surface area contributed by atoms with Crippen LogP contribution in [0.25, 0.3) is 0 Å². The zero-order chi connectivity index (χ0) is 13.1. The van der Waals surface area contributed by atoms with Gasteiger partial charge in [0.2, 0.25) is 0 Å². The minimum atomic E-state index is -0.845. The second-order valence-electron chi connectivity index (χ2n) is 4.02. The van der Waals surface area contributed by atoms with Crippen molar-refractivity contribution < 1.29 is 13.9 Å². The molecule has 2 rings (SSSR count). The van der Waals surface area contributed by atoms with Crippen molar-refractivity contribution in [2.75, 3.05) is 0 Å². The molecule has 2 aromatic carbocycles. The maximum atomic E-state index is 13.0. The molecular formula is C14H11ClF2O. The van der Waals surface area contributed by atoms with E-state index in [1.54, 1.807) is 12.1 Å². The highest BCUT2D eigenvalue weighted by Crippen LogP contribution is 2.22. The number of benzene rings is 2. The van der Waals surface area contributed by atoms with Crippen LogP contribution in [0.15, 0.2) is 42.5 Å². The van der Waals surface area contributed by atoms with Crippen LogP contribution in [0.2, 0.25) is 5.02 Å². The molecule has 18 heavy (non-hydrogen) atoms. The lowest BCUT2D eigenvalue weighted by Gasteiger charge is -2.11. The van der Waals surface area contributed by atoms with Crippen LogP contribution in [0, 0.1) is 11.6 Å². The number of hydrogen-bond acceptors (Lipinski definition) is 1. The summed E-state index contributed by atoms with van der Waals surface area (Å²) in [6.07, 6.45) is -0.592. The summed E-state index contributed by atoms with van der Waals surface area (Å²) in [6.45, 7) is 0. The topological polar surface area (TPSA) is 20.2 Å². The van der Waals surface area contributed by atoms with E-state index in [9.17, 15) is 13.9 Å². The Kier molecular flexibility index (Phi) is 3.94. The van der Waals surface area contributed by atoms with Gasteiger partial charge in [0.1, 0.15) is 11.6 Å². The molecule has 1 N–H and O–H groups in total. The Morgan fingerprint density at radius 2 is 1.89 bits per heavy atom. The summed E-state index contributed by atoms with van der Waals surface area (Å²) in [7, 11) is 0. The Morgan fingerprint density at radius 1 is 1.11 bits per heavy atom. The van der Waals surface area contributed by atoms with Crippen LogP contribution in [0.1, 0.15) is 17.2 Å². The average molecular weight is 269 g/mol. The van der Waals surface area contributed by atoms with Crippen molar-refractivity contribution >= 4 is 11.6 Å². The van der Waals surface area contributed by atoms with Gasteiger partial charge in [0, 0.05) is 6.42 Å². The number of aliphatic hydroxyl groups is 1. The van der Waals surface area contributed by atoms with Crippen molar-refractivity contribution in [1.82, 2.24) is 0 Å². The Balaban J connectivity index is 2.16. The molecule has 0 aliphatic rings. The van der Waals surface area contributed by atoms with Gasteiger partial charge >= 0.3 is 0 Å². The molecule has 0 aromatic heterocycles. The SMILES string of the molecule is OC(Cc1ccc(F)c(Cl)c1)c1cccc(F)c1. The zero-order valence-corrected chi connectivity index (χ0v) is 10.2. The molecule has 0 fully saturated rings. The molecule has 0 bridgehead atoms. The fourth-order valence-corrected chi connectivity index (χ4v) is 1.92. The molecule has 0 saturated carbocycles. The number of hydrogen-bond donors (Lipinski definition) is 1. The van der Waals surface area contributed by atoms with E-state index in [0.29, 0.717) is 11.1 Å². The van der Waals surface area contributed by atoms with Crippen LogP contribution in [-0.2, 0) is 6.42 Å². The van der Waals surface area contributed by atoms with Gasteiger partial charge < -0.3 is 5.11 Å². The zero-order valence-electron chi connectivity index (χ0n) is 9.41. The minimum Gasteiger partial charge on any atom is -0.388 e. The Hall–Kier alpha value is -1.45. The summed E-state index contributed by atoms with van der Waals surface area (Å²) in [4.78, 5) is 0. The predicted octanol–water partition coefficient (Wildman–Crippen LogP) is 3.89. The third-order valence-corrected chi connectivity index (χ3v) is 2.94. The van der Waals surface area contributed by atoms with Gasteiger partial charge in [-0.1, -0.05) is 29.8 Å². The largest absolute Gasteiger partial charge is 0.388 e. The fraction of sp³-hybridized carbons (Fsp3) is 0.143. The van der Waals surface area contributed by atoms with Gasteiger partial charge in [-0.2, -0.15) is 0 Å². The smallest absolute Gasteiger partial charge is 0.141 e. The van der Waals surface area contributed by atoms with E-state index in [1.165, 1.54) is 30.3 Å². The molecule has 1 atom stereocenters. The van der Waals surface area contributed by atoms with E-state index < -0.39 is 17.7 Å². The van der Waals surface area contributed by atoms with E-state index in [4.69, 9.17) is 11.6 Å².